The molecule has 2 rings (SSSR count). The topological polar surface area (TPSA) is 38.7 Å². The fourth-order valence-corrected chi connectivity index (χ4v) is 4.19. The Labute approximate surface area is 157 Å². The molecule has 0 aliphatic heterocycles. The van der Waals surface area contributed by atoms with Gasteiger partial charge in [0.15, 0.2) is 6.79 Å². The Morgan fingerprint density at radius 3 is 2.38 bits per heavy atom. The smallest absolute Gasteiger partial charge is 0.341 e. The zero-order chi connectivity index (χ0) is 17.6. The van der Waals surface area contributed by atoms with Gasteiger partial charge in [0.25, 0.3) is 0 Å². The summed E-state index contributed by atoms with van der Waals surface area (Å²) in [5.74, 6) is 0.975. The van der Waals surface area contributed by atoms with Gasteiger partial charge in [-0.05, 0) is 59.8 Å². The van der Waals surface area contributed by atoms with E-state index in [0.29, 0.717) is 6.04 Å². The van der Waals surface area contributed by atoms with Crippen molar-refractivity contribution >= 4 is 39.2 Å². The number of hydrogen-bond donors (Lipinski definition) is 1. The van der Waals surface area contributed by atoms with Crippen LogP contribution in [0.3, 0.4) is 0 Å². The molecule has 130 valence electrons. The van der Waals surface area contributed by atoms with E-state index in [1.807, 2.05) is 30.3 Å². The van der Waals surface area contributed by atoms with Crippen LogP contribution in [0.5, 0.6) is 11.5 Å². The highest BCUT2D eigenvalue weighted by Gasteiger charge is 2.24. The SMILES string of the molecule is COCOc1ccc(-c2ccc(O)cc2CCC[Si](Cl)(Cl)Cl)cc1. The second-order valence-electron chi connectivity index (χ2n) is 5.39. The number of benzene rings is 2. The Morgan fingerprint density at radius 2 is 1.75 bits per heavy atom. The van der Waals surface area contributed by atoms with Crippen molar-refractivity contribution in [3.8, 4) is 22.6 Å². The van der Waals surface area contributed by atoms with Crippen LogP contribution in [-0.2, 0) is 11.2 Å². The summed E-state index contributed by atoms with van der Waals surface area (Å²) < 4.78 is 10.3. The Hall–Kier alpha value is -0.913. The molecule has 0 aliphatic carbocycles. The molecular formula is C17H19Cl3O3Si. The summed E-state index contributed by atoms with van der Waals surface area (Å²) in [6.07, 6.45) is 1.51. The lowest BCUT2D eigenvalue weighted by molar-refractivity contribution is 0.0511. The first-order chi connectivity index (χ1) is 11.4. The molecule has 2 aromatic carbocycles. The molecule has 0 heterocycles. The van der Waals surface area contributed by atoms with Crippen LogP contribution in [0.15, 0.2) is 42.5 Å². The highest BCUT2D eigenvalue weighted by atomic mass is 35.8. The predicted molar refractivity (Wildman–Crippen MR) is 102 cm³/mol. The Kier molecular flexibility index (Phi) is 7.26. The first-order valence-corrected chi connectivity index (χ1v) is 12.7. The molecule has 0 aromatic heterocycles. The third-order valence-corrected chi connectivity index (χ3v) is 6.13. The van der Waals surface area contributed by atoms with Crippen LogP contribution in [-0.4, -0.2) is 25.0 Å². The monoisotopic (exact) mass is 404 g/mol. The molecule has 0 spiro atoms. The molecule has 0 bridgehead atoms. The maximum Gasteiger partial charge on any atom is 0.341 e. The molecule has 1 N–H and O–H groups in total. The first-order valence-electron chi connectivity index (χ1n) is 7.50. The van der Waals surface area contributed by atoms with Crippen LogP contribution < -0.4 is 4.74 Å². The summed E-state index contributed by atoms with van der Waals surface area (Å²) in [7, 11) is 1.58. The number of aryl methyl sites for hydroxylation is 1. The van der Waals surface area contributed by atoms with E-state index in [4.69, 9.17) is 42.7 Å². The molecule has 0 amide bonds. The second-order valence-corrected chi connectivity index (χ2v) is 14.7. The van der Waals surface area contributed by atoms with Crippen molar-refractivity contribution in [3.63, 3.8) is 0 Å². The van der Waals surface area contributed by atoms with E-state index in [2.05, 4.69) is 0 Å². The van der Waals surface area contributed by atoms with Crippen LogP contribution in [0.1, 0.15) is 12.0 Å². The third-order valence-electron chi connectivity index (χ3n) is 3.50. The molecule has 24 heavy (non-hydrogen) atoms. The predicted octanol–water partition coefficient (Wildman–Crippen LogP) is 5.63. The molecule has 7 heteroatoms. The molecule has 0 aliphatic rings. The van der Waals surface area contributed by atoms with Crippen LogP contribution in [0, 0.1) is 0 Å². The van der Waals surface area contributed by atoms with Crippen molar-refractivity contribution < 1.29 is 14.6 Å². The lowest BCUT2D eigenvalue weighted by Gasteiger charge is -2.13. The van der Waals surface area contributed by atoms with Crippen LogP contribution in [0.25, 0.3) is 11.1 Å². The van der Waals surface area contributed by atoms with Gasteiger partial charge in [0, 0.05) is 7.11 Å². The molecule has 0 atom stereocenters. The van der Waals surface area contributed by atoms with Gasteiger partial charge in [-0.2, -0.15) is 0 Å². The molecule has 0 saturated carbocycles. The molecule has 0 radical (unpaired) electrons. The number of rotatable bonds is 8. The second kappa shape index (κ2) is 8.97. The number of phenolic OH excluding ortho intramolecular Hbond substituents is 1. The van der Waals surface area contributed by atoms with Crippen LogP contribution in [0.4, 0.5) is 0 Å². The zero-order valence-electron chi connectivity index (χ0n) is 13.3. The Morgan fingerprint density at radius 1 is 1.04 bits per heavy atom. The summed E-state index contributed by atoms with van der Waals surface area (Å²) in [4.78, 5) is 0. The summed E-state index contributed by atoms with van der Waals surface area (Å²) >= 11 is 17.8. The largest absolute Gasteiger partial charge is 0.508 e. The Bertz CT molecular complexity index is 657. The molecule has 0 unspecified atom stereocenters. The quantitative estimate of drug-likeness (QED) is 0.351. The van der Waals surface area contributed by atoms with Gasteiger partial charge in [-0.25, -0.2) is 0 Å². The first kappa shape index (κ1) is 19.4. The van der Waals surface area contributed by atoms with Gasteiger partial charge < -0.3 is 14.6 Å². The molecule has 2 aromatic rings. The number of methoxy groups -OCH3 is 1. The van der Waals surface area contributed by atoms with E-state index in [0.717, 1.165) is 35.3 Å². The number of hydrogen-bond acceptors (Lipinski definition) is 3. The van der Waals surface area contributed by atoms with E-state index in [1.165, 1.54) is 0 Å². The van der Waals surface area contributed by atoms with E-state index >= 15 is 0 Å². The summed E-state index contributed by atoms with van der Waals surface area (Å²) in [6, 6.07) is 11.1. The maximum atomic E-state index is 9.78. The highest BCUT2D eigenvalue weighted by molar-refractivity contribution is 7.64. The summed E-state index contributed by atoms with van der Waals surface area (Å²) in [5, 5.41) is 9.78. The van der Waals surface area contributed by atoms with Gasteiger partial charge in [-0.1, -0.05) is 18.2 Å². The van der Waals surface area contributed by atoms with E-state index in [-0.39, 0.29) is 12.5 Å². The average molecular weight is 406 g/mol. The minimum Gasteiger partial charge on any atom is -0.508 e. The summed E-state index contributed by atoms with van der Waals surface area (Å²) in [6.45, 7) is 0.213. The molecule has 0 fully saturated rings. The summed E-state index contributed by atoms with van der Waals surface area (Å²) in [5.41, 5.74) is 3.13. The van der Waals surface area contributed by atoms with Gasteiger partial charge in [0.2, 0.25) is 0 Å². The van der Waals surface area contributed by atoms with Crippen LogP contribution in [0.2, 0.25) is 6.04 Å². The lowest BCUT2D eigenvalue weighted by atomic mass is 9.96. The Balaban J connectivity index is 2.16. The molecule has 3 nitrogen and oxygen atoms in total. The number of phenols is 1. The van der Waals surface area contributed by atoms with Crippen molar-refractivity contribution in [2.24, 2.45) is 0 Å². The van der Waals surface area contributed by atoms with Gasteiger partial charge in [-0.15, -0.1) is 33.2 Å². The third kappa shape index (κ3) is 6.19. The number of aromatic hydroxyl groups is 1. The van der Waals surface area contributed by atoms with Gasteiger partial charge in [-0.3, -0.25) is 0 Å². The lowest BCUT2D eigenvalue weighted by Crippen LogP contribution is -2.08. The van der Waals surface area contributed by atoms with Crippen LogP contribution >= 0.6 is 33.2 Å². The van der Waals surface area contributed by atoms with Crippen molar-refractivity contribution in [2.75, 3.05) is 13.9 Å². The van der Waals surface area contributed by atoms with Gasteiger partial charge in [0.1, 0.15) is 11.5 Å². The van der Waals surface area contributed by atoms with Gasteiger partial charge >= 0.3 is 6.00 Å². The van der Waals surface area contributed by atoms with Crippen molar-refractivity contribution in [1.82, 2.24) is 0 Å². The maximum absolute atomic E-state index is 9.78. The minimum atomic E-state index is -2.62. The molecular weight excluding hydrogens is 387 g/mol. The van der Waals surface area contributed by atoms with E-state index in [9.17, 15) is 5.11 Å². The average Bonchev–Trinajstić information content (AvgIpc) is 2.52. The van der Waals surface area contributed by atoms with E-state index < -0.39 is 6.00 Å². The zero-order valence-corrected chi connectivity index (χ0v) is 16.5. The normalized spacial score (nSPS) is 11.5. The fourth-order valence-electron chi connectivity index (χ4n) is 2.41. The number of halogens is 3. The minimum absolute atomic E-state index is 0.213. The number of ether oxygens (including phenoxy) is 2. The van der Waals surface area contributed by atoms with Crippen molar-refractivity contribution in [1.29, 1.82) is 0 Å². The molecule has 0 saturated heterocycles. The van der Waals surface area contributed by atoms with Crippen molar-refractivity contribution in [2.45, 2.75) is 18.9 Å². The standard InChI is InChI=1S/C17H19Cl3O3Si/c1-22-12-23-16-7-4-13(5-8-16)17-9-6-15(21)11-14(17)3-2-10-24(18,19)20/h4-9,11,21H,2-3,10,12H2,1H3. The van der Waals surface area contributed by atoms with Crippen molar-refractivity contribution in [3.05, 3.63) is 48.0 Å². The fraction of sp³-hybridized carbons (Fsp3) is 0.294. The van der Waals surface area contributed by atoms with Gasteiger partial charge in [0.05, 0.1) is 0 Å². The van der Waals surface area contributed by atoms with E-state index in [1.54, 1.807) is 19.2 Å². The highest BCUT2D eigenvalue weighted by Crippen LogP contribution is 2.32.